The number of amides is 3. The van der Waals surface area contributed by atoms with Crippen molar-refractivity contribution in [3.05, 3.63) is 34.9 Å². The summed E-state index contributed by atoms with van der Waals surface area (Å²) in [6.07, 6.45) is 2.98. The molecule has 1 aromatic carbocycles. The fourth-order valence-corrected chi connectivity index (χ4v) is 4.07. The topological polar surface area (TPSA) is 87.7 Å². The highest BCUT2D eigenvalue weighted by Gasteiger charge is 2.40. The molecular weight excluding hydrogens is 454 g/mol. The molecule has 0 saturated carbocycles. The SMILES string of the molecule is CCCCCNC(=O)C(c1cccc(C)c1C)N(C(=O)C(NC(=O)OC(C)(C)C)C(C)C)C(C)CC. The fourth-order valence-electron chi connectivity index (χ4n) is 4.07. The standard InChI is InChI=1S/C29H49N3O4/c1-11-13-14-18-30-26(33)25(23-17-15-16-20(5)22(23)7)32(21(6)12-2)27(34)24(19(3)4)31-28(35)36-29(8,9)10/h15-17,19,21,24-25H,11-14,18H2,1-10H3,(H,30,33)(H,31,35). The van der Waals surface area contributed by atoms with Crippen molar-refractivity contribution in [1.29, 1.82) is 0 Å². The van der Waals surface area contributed by atoms with Crippen LogP contribution in [0.1, 0.15) is 104 Å². The van der Waals surface area contributed by atoms with Gasteiger partial charge in [-0.2, -0.15) is 0 Å². The number of rotatable bonds is 12. The molecule has 0 saturated heterocycles. The predicted octanol–water partition coefficient (Wildman–Crippen LogP) is 5.83. The lowest BCUT2D eigenvalue weighted by atomic mass is 9.92. The molecule has 3 unspecified atom stereocenters. The molecule has 0 aliphatic heterocycles. The van der Waals surface area contributed by atoms with E-state index in [-0.39, 0.29) is 23.8 Å². The second-order valence-electron chi connectivity index (χ2n) is 11.1. The monoisotopic (exact) mass is 503 g/mol. The van der Waals surface area contributed by atoms with Gasteiger partial charge in [0.25, 0.3) is 0 Å². The Morgan fingerprint density at radius 3 is 2.19 bits per heavy atom. The Morgan fingerprint density at radius 2 is 1.67 bits per heavy atom. The average molecular weight is 504 g/mol. The minimum atomic E-state index is -0.839. The van der Waals surface area contributed by atoms with Gasteiger partial charge in [0.15, 0.2) is 0 Å². The van der Waals surface area contributed by atoms with Crippen molar-refractivity contribution in [3.8, 4) is 0 Å². The molecule has 204 valence electrons. The molecule has 1 aromatic rings. The van der Waals surface area contributed by atoms with Crippen LogP contribution in [0, 0.1) is 19.8 Å². The van der Waals surface area contributed by atoms with Gasteiger partial charge in [0.1, 0.15) is 17.7 Å². The second-order valence-corrected chi connectivity index (χ2v) is 11.1. The molecule has 2 N–H and O–H groups in total. The third-order valence-corrected chi connectivity index (χ3v) is 6.47. The Hall–Kier alpha value is -2.57. The number of nitrogens with one attached hydrogen (secondary N) is 2. The highest BCUT2D eigenvalue weighted by Crippen LogP contribution is 2.30. The van der Waals surface area contributed by atoms with Crippen molar-refractivity contribution in [2.45, 2.75) is 119 Å². The molecule has 0 spiro atoms. The van der Waals surface area contributed by atoms with Crippen molar-refractivity contribution in [1.82, 2.24) is 15.5 Å². The lowest BCUT2D eigenvalue weighted by molar-refractivity contribution is -0.146. The van der Waals surface area contributed by atoms with E-state index in [9.17, 15) is 14.4 Å². The van der Waals surface area contributed by atoms with Gasteiger partial charge >= 0.3 is 6.09 Å². The largest absolute Gasteiger partial charge is 0.444 e. The van der Waals surface area contributed by atoms with Crippen molar-refractivity contribution < 1.29 is 19.1 Å². The van der Waals surface area contributed by atoms with E-state index in [0.717, 1.165) is 36.0 Å². The van der Waals surface area contributed by atoms with Crippen molar-refractivity contribution in [2.24, 2.45) is 5.92 Å². The molecule has 1 rings (SSSR count). The summed E-state index contributed by atoms with van der Waals surface area (Å²) >= 11 is 0. The van der Waals surface area contributed by atoms with Crippen LogP contribution in [0.2, 0.25) is 0 Å². The second kappa shape index (κ2) is 14.2. The quantitative estimate of drug-likeness (QED) is 0.352. The van der Waals surface area contributed by atoms with Crippen LogP contribution < -0.4 is 10.6 Å². The summed E-state index contributed by atoms with van der Waals surface area (Å²) in [5.41, 5.74) is 2.15. The fraction of sp³-hybridized carbons (Fsp3) is 0.690. The lowest BCUT2D eigenvalue weighted by Crippen LogP contribution is -2.57. The van der Waals surface area contributed by atoms with Gasteiger partial charge in [-0.1, -0.05) is 58.7 Å². The lowest BCUT2D eigenvalue weighted by Gasteiger charge is -2.39. The first-order valence-electron chi connectivity index (χ1n) is 13.4. The third kappa shape index (κ3) is 9.14. The van der Waals surface area contributed by atoms with Crippen LogP contribution in [0.5, 0.6) is 0 Å². The normalized spacial score (nSPS) is 14.1. The van der Waals surface area contributed by atoms with E-state index in [1.165, 1.54) is 0 Å². The molecule has 7 heteroatoms. The van der Waals surface area contributed by atoms with Crippen molar-refractivity contribution in [3.63, 3.8) is 0 Å². The summed E-state index contributed by atoms with van der Waals surface area (Å²) in [6.45, 7) is 19.7. The highest BCUT2D eigenvalue weighted by molar-refractivity contribution is 5.92. The molecule has 0 heterocycles. The average Bonchev–Trinajstić information content (AvgIpc) is 2.78. The number of nitrogens with zero attached hydrogens (tertiary/aromatic N) is 1. The van der Waals surface area contributed by atoms with Gasteiger partial charge in [0.05, 0.1) is 0 Å². The van der Waals surface area contributed by atoms with Gasteiger partial charge in [0, 0.05) is 12.6 Å². The Balaban J connectivity index is 3.52. The molecule has 0 aromatic heterocycles. The molecule has 0 bridgehead atoms. The van der Waals surface area contributed by atoms with E-state index in [4.69, 9.17) is 4.74 Å². The van der Waals surface area contributed by atoms with E-state index in [2.05, 4.69) is 17.6 Å². The Labute approximate surface area is 218 Å². The Morgan fingerprint density at radius 1 is 1.03 bits per heavy atom. The van der Waals surface area contributed by atoms with Crippen LogP contribution in [0.4, 0.5) is 4.79 Å². The first-order valence-corrected chi connectivity index (χ1v) is 13.4. The van der Waals surface area contributed by atoms with Crippen molar-refractivity contribution >= 4 is 17.9 Å². The molecular formula is C29H49N3O4. The van der Waals surface area contributed by atoms with Crippen LogP contribution in [-0.2, 0) is 14.3 Å². The summed E-state index contributed by atoms with van der Waals surface area (Å²) in [4.78, 5) is 42.2. The van der Waals surface area contributed by atoms with Gasteiger partial charge in [-0.3, -0.25) is 9.59 Å². The minimum Gasteiger partial charge on any atom is -0.444 e. The molecule has 0 fully saturated rings. The number of ether oxygens (including phenoxy) is 1. The summed E-state index contributed by atoms with van der Waals surface area (Å²) < 4.78 is 5.44. The predicted molar refractivity (Wildman–Crippen MR) is 146 cm³/mol. The van der Waals surface area contributed by atoms with E-state index in [0.29, 0.717) is 13.0 Å². The Kier molecular flexibility index (Phi) is 12.4. The zero-order valence-electron chi connectivity index (χ0n) is 24.2. The number of carbonyl (C=O) groups is 3. The van der Waals surface area contributed by atoms with Gasteiger partial charge in [0.2, 0.25) is 11.8 Å². The van der Waals surface area contributed by atoms with Crippen LogP contribution in [0.15, 0.2) is 18.2 Å². The molecule has 0 aliphatic rings. The van der Waals surface area contributed by atoms with Crippen molar-refractivity contribution in [2.75, 3.05) is 6.54 Å². The third-order valence-electron chi connectivity index (χ3n) is 6.47. The molecule has 0 aliphatic carbocycles. The van der Waals surface area contributed by atoms with Gasteiger partial charge < -0.3 is 20.3 Å². The molecule has 3 atom stereocenters. The first kappa shape index (κ1) is 31.5. The van der Waals surface area contributed by atoms with Gasteiger partial charge in [-0.05, 0) is 77.0 Å². The molecule has 0 radical (unpaired) electrons. The summed E-state index contributed by atoms with van der Waals surface area (Å²) in [6, 6.07) is 3.97. The van der Waals surface area contributed by atoms with Gasteiger partial charge in [-0.25, -0.2) is 4.79 Å². The number of hydrogen-bond donors (Lipinski definition) is 2. The van der Waals surface area contributed by atoms with E-state index >= 15 is 0 Å². The summed E-state index contributed by atoms with van der Waals surface area (Å²) in [7, 11) is 0. The van der Waals surface area contributed by atoms with Crippen LogP contribution in [-0.4, -0.2) is 47.0 Å². The van der Waals surface area contributed by atoms with Gasteiger partial charge in [-0.15, -0.1) is 0 Å². The Bertz CT molecular complexity index is 876. The number of unbranched alkanes of at least 4 members (excludes halogenated alkanes) is 2. The number of benzene rings is 1. The molecule has 3 amide bonds. The van der Waals surface area contributed by atoms with Crippen LogP contribution in [0.25, 0.3) is 0 Å². The van der Waals surface area contributed by atoms with E-state index < -0.39 is 23.8 Å². The summed E-state index contributed by atoms with van der Waals surface area (Å²) in [5.74, 6) is -0.698. The zero-order chi connectivity index (χ0) is 27.6. The number of alkyl carbamates (subject to hydrolysis) is 1. The smallest absolute Gasteiger partial charge is 0.408 e. The minimum absolute atomic E-state index is 0.201. The van der Waals surface area contributed by atoms with E-state index in [1.807, 2.05) is 59.7 Å². The summed E-state index contributed by atoms with van der Waals surface area (Å²) in [5, 5.41) is 5.85. The zero-order valence-corrected chi connectivity index (χ0v) is 24.2. The maximum atomic E-state index is 14.2. The van der Waals surface area contributed by atoms with Crippen LogP contribution >= 0.6 is 0 Å². The number of aryl methyl sites for hydroxylation is 1. The maximum absolute atomic E-state index is 14.2. The maximum Gasteiger partial charge on any atom is 0.408 e. The molecule has 7 nitrogen and oxygen atoms in total. The number of carbonyl (C=O) groups excluding carboxylic acids is 3. The molecule has 36 heavy (non-hydrogen) atoms. The first-order chi connectivity index (χ1) is 16.7. The number of hydrogen-bond acceptors (Lipinski definition) is 4. The van der Waals surface area contributed by atoms with Crippen LogP contribution in [0.3, 0.4) is 0 Å². The van der Waals surface area contributed by atoms with E-state index in [1.54, 1.807) is 25.7 Å². The highest BCUT2D eigenvalue weighted by atomic mass is 16.6.